The van der Waals surface area contributed by atoms with E-state index in [4.69, 9.17) is 4.74 Å². The van der Waals surface area contributed by atoms with Gasteiger partial charge in [0.25, 0.3) is 0 Å². The lowest BCUT2D eigenvalue weighted by Gasteiger charge is -2.20. The average Bonchev–Trinajstić information content (AvgIpc) is 2.52. The number of pyridine rings is 2. The zero-order chi connectivity index (χ0) is 15.1. The van der Waals surface area contributed by atoms with E-state index >= 15 is 0 Å². The average molecular weight is 285 g/mol. The molecule has 2 rings (SSSR count). The molecule has 0 bridgehead atoms. The largest absolute Gasteiger partial charge is 0.492 e. The van der Waals surface area contributed by atoms with Crippen LogP contribution in [0.25, 0.3) is 0 Å². The van der Waals surface area contributed by atoms with Crippen LogP contribution >= 0.6 is 0 Å². The highest BCUT2D eigenvalue weighted by Gasteiger charge is 2.17. The van der Waals surface area contributed by atoms with E-state index in [9.17, 15) is 0 Å². The first-order chi connectivity index (χ1) is 10.3. The SMILES string of the molecule is CCCOc1cncc(C(NCC)c2ncccc2C)c1. The first-order valence-corrected chi connectivity index (χ1v) is 7.48. The molecule has 2 aromatic heterocycles. The van der Waals surface area contributed by atoms with Crippen molar-refractivity contribution < 1.29 is 4.74 Å². The van der Waals surface area contributed by atoms with E-state index in [2.05, 4.69) is 42.1 Å². The highest BCUT2D eigenvalue weighted by Crippen LogP contribution is 2.25. The Labute approximate surface area is 126 Å². The molecular weight excluding hydrogens is 262 g/mol. The summed E-state index contributed by atoms with van der Waals surface area (Å²) in [5.74, 6) is 0.811. The van der Waals surface area contributed by atoms with Crippen molar-refractivity contribution in [3.63, 3.8) is 0 Å². The summed E-state index contributed by atoms with van der Waals surface area (Å²) in [6.07, 6.45) is 6.45. The molecule has 2 heterocycles. The molecule has 0 radical (unpaired) electrons. The molecule has 2 aromatic rings. The molecule has 0 spiro atoms. The maximum atomic E-state index is 5.68. The fourth-order valence-corrected chi connectivity index (χ4v) is 2.27. The van der Waals surface area contributed by atoms with Gasteiger partial charge in [-0.05, 0) is 43.1 Å². The van der Waals surface area contributed by atoms with E-state index in [0.29, 0.717) is 6.61 Å². The molecule has 0 aliphatic heterocycles. The molecule has 4 heteroatoms. The number of hydrogen-bond acceptors (Lipinski definition) is 4. The highest BCUT2D eigenvalue weighted by atomic mass is 16.5. The molecular formula is C17H23N3O. The molecule has 0 saturated heterocycles. The van der Waals surface area contributed by atoms with Crippen molar-refractivity contribution in [2.24, 2.45) is 0 Å². The minimum absolute atomic E-state index is 0.0360. The number of hydrogen-bond donors (Lipinski definition) is 1. The van der Waals surface area contributed by atoms with E-state index in [1.165, 1.54) is 5.56 Å². The standard InChI is InChI=1S/C17H23N3O/c1-4-9-21-15-10-14(11-18-12-15)17(19-5-2)16-13(3)7-6-8-20-16/h6-8,10-12,17,19H,4-5,9H2,1-3H3. The summed E-state index contributed by atoms with van der Waals surface area (Å²) in [7, 11) is 0. The van der Waals surface area contributed by atoms with Crippen molar-refractivity contribution in [2.45, 2.75) is 33.2 Å². The Balaban J connectivity index is 2.32. The molecule has 0 fully saturated rings. The van der Waals surface area contributed by atoms with Gasteiger partial charge in [0, 0.05) is 12.4 Å². The molecule has 0 aliphatic carbocycles. The van der Waals surface area contributed by atoms with Crippen LogP contribution in [0.4, 0.5) is 0 Å². The van der Waals surface area contributed by atoms with Gasteiger partial charge in [0.15, 0.2) is 0 Å². The van der Waals surface area contributed by atoms with Crippen LogP contribution in [0.1, 0.15) is 43.1 Å². The van der Waals surface area contributed by atoms with Crippen LogP contribution < -0.4 is 10.1 Å². The Morgan fingerprint density at radius 3 is 2.86 bits per heavy atom. The molecule has 0 aromatic carbocycles. The summed E-state index contributed by atoms with van der Waals surface area (Å²) in [4.78, 5) is 8.84. The monoisotopic (exact) mass is 285 g/mol. The predicted octanol–water partition coefficient (Wildman–Crippen LogP) is 3.27. The maximum absolute atomic E-state index is 5.68. The van der Waals surface area contributed by atoms with Gasteiger partial charge in [-0.2, -0.15) is 0 Å². The topological polar surface area (TPSA) is 47.0 Å². The normalized spacial score (nSPS) is 12.1. The Morgan fingerprint density at radius 2 is 2.14 bits per heavy atom. The molecule has 0 aliphatic rings. The molecule has 1 atom stereocenters. The minimum Gasteiger partial charge on any atom is -0.492 e. The van der Waals surface area contributed by atoms with Crippen molar-refractivity contribution >= 4 is 0 Å². The highest BCUT2D eigenvalue weighted by molar-refractivity contribution is 5.34. The third-order valence-corrected chi connectivity index (χ3v) is 3.27. The van der Waals surface area contributed by atoms with E-state index < -0.39 is 0 Å². The zero-order valence-electron chi connectivity index (χ0n) is 13.0. The molecule has 0 saturated carbocycles. The number of aromatic nitrogens is 2. The Bertz CT molecular complexity index is 571. The smallest absolute Gasteiger partial charge is 0.137 e. The van der Waals surface area contributed by atoms with Crippen LogP contribution in [0.15, 0.2) is 36.8 Å². The van der Waals surface area contributed by atoms with Crippen molar-refractivity contribution in [3.05, 3.63) is 53.6 Å². The van der Waals surface area contributed by atoms with Crippen LogP contribution in [0.3, 0.4) is 0 Å². The summed E-state index contributed by atoms with van der Waals surface area (Å²) in [5.41, 5.74) is 3.28. The van der Waals surface area contributed by atoms with Gasteiger partial charge in [-0.25, -0.2) is 0 Å². The van der Waals surface area contributed by atoms with Gasteiger partial charge in [0.1, 0.15) is 5.75 Å². The van der Waals surface area contributed by atoms with Crippen LogP contribution in [0.2, 0.25) is 0 Å². The summed E-state index contributed by atoms with van der Waals surface area (Å²) in [5, 5.41) is 3.48. The second-order valence-corrected chi connectivity index (χ2v) is 5.00. The zero-order valence-corrected chi connectivity index (χ0v) is 13.0. The maximum Gasteiger partial charge on any atom is 0.137 e. The second-order valence-electron chi connectivity index (χ2n) is 5.00. The van der Waals surface area contributed by atoms with Gasteiger partial charge in [0.05, 0.1) is 24.5 Å². The van der Waals surface area contributed by atoms with Gasteiger partial charge >= 0.3 is 0 Å². The third-order valence-electron chi connectivity index (χ3n) is 3.27. The van der Waals surface area contributed by atoms with Crippen LogP contribution in [-0.2, 0) is 0 Å². The minimum atomic E-state index is 0.0360. The Kier molecular flexibility index (Phi) is 5.69. The van der Waals surface area contributed by atoms with E-state index in [-0.39, 0.29) is 6.04 Å². The molecule has 4 nitrogen and oxygen atoms in total. The fourth-order valence-electron chi connectivity index (χ4n) is 2.27. The number of rotatable bonds is 7. The quantitative estimate of drug-likeness (QED) is 0.848. The second kappa shape index (κ2) is 7.74. The summed E-state index contributed by atoms with van der Waals surface area (Å²) in [6.45, 7) is 7.84. The summed E-state index contributed by atoms with van der Waals surface area (Å²) >= 11 is 0. The molecule has 1 unspecified atom stereocenters. The molecule has 0 amide bonds. The van der Waals surface area contributed by atoms with E-state index in [1.54, 1.807) is 6.20 Å². The lowest BCUT2D eigenvalue weighted by atomic mass is 10.0. The number of nitrogens with zero attached hydrogens (tertiary/aromatic N) is 2. The van der Waals surface area contributed by atoms with Crippen molar-refractivity contribution in [2.75, 3.05) is 13.2 Å². The van der Waals surface area contributed by atoms with Gasteiger partial charge in [0.2, 0.25) is 0 Å². The Hall–Kier alpha value is -1.94. The van der Waals surface area contributed by atoms with Crippen LogP contribution in [-0.4, -0.2) is 23.1 Å². The van der Waals surface area contributed by atoms with Gasteiger partial charge in [-0.1, -0.05) is 19.9 Å². The predicted molar refractivity (Wildman–Crippen MR) is 84.5 cm³/mol. The summed E-state index contributed by atoms with van der Waals surface area (Å²) in [6, 6.07) is 6.12. The van der Waals surface area contributed by atoms with Gasteiger partial charge in [-0.3, -0.25) is 9.97 Å². The molecule has 112 valence electrons. The van der Waals surface area contributed by atoms with E-state index in [1.807, 2.05) is 24.5 Å². The van der Waals surface area contributed by atoms with E-state index in [0.717, 1.165) is 30.0 Å². The molecule has 1 N–H and O–H groups in total. The fraction of sp³-hybridized carbons (Fsp3) is 0.412. The van der Waals surface area contributed by atoms with Gasteiger partial charge in [-0.15, -0.1) is 0 Å². The Morgan fingerprint density at radius 1 is 1.29 bits per heavy atom. The van der Waals surface area contributed by atoms with Crippen LogP contribution in [0, 0.1) is 6.92 Å². The first kappa shape index (κ1) is 15.4. The molecule has 21 heavy (non-hydrogen) atoms. The first-order valence-electron chi connectivity index (χ1n) is 7.48. The van der Waals surface area contributed by atoms with Crippen molar-refractivity contribution in [3.8, 4) is 5.75 Å². The third kappa shape index (κ3) is 4.02. The van der Waals surface area contributed by atoms with Crippen molar-refractivity contribution in [1.29, 1.82) is 0 Å². The lowest BCUT2D eigenvalue weighted by Crippen LogP contribution is -2.24. The number of nitrogens with one attached hydrogen (secondary N) is 1. The lowest BCUT2D eigenvalue weighted by molar-refractivity contribution is 0.315. The van der Waals surface area contributed by atoms with Gasteiger partial charge < -0.3 is 10.1 Å². The number of ether oxygens (including phenoxy) is 1. The van der Waals surface area contributed by atoms with Crippen LogP contribution in [0.5, 0.6) is 5.75 Å². The number of aryl methyl sites for hydroxylation is 1. The summed E-state index contributed by atoms with van der Waals surface area (Å²) < 4.78 is 5.68. The van der Waals surface area contributed by atoms with Crippen molar-refractivity contribution in [1.82, 2.24) is 15.3 Å².